The third-order valence-electron chi connectivity index (χ3n) is 2.49. The van der Waals surface area contributed by atoms with Crippen molar-refractivity contribution in [3.63, 3.8) is 0 Å². The summed E-state index contributed by atoms with van der Waals surface area (Å²) in [4.78, 5) is 1.09. The lowest BCUT2D eigenvalue weighted by Crippen LogP contribution is -2.39. The molecular weight excluding hydrogens is 250 g/mol. The molecule has 0 radical (unpaired) electrons. The lowest BCUT2D eigenvalue weighted by atomic mass is 10.1. The van der Waals surface area contributed by atoms with Crippen LogP contribution in [-0.4, -0.2) is 23.9 Å². The Hall–Kier alpha value is -1.30. The quantitative estimate of drug-likeness (QED) is 0.846. The van der Waals surface area contributed by atoms with Crippen molar-refractivity contribution in [2.45, 2.75) is 32.7 Å². The van der Waals surface area contributed by atoms with Gasteiger partial charge in [0.25, 0.3) is 0 Å². The summed E-state index contributed by atoms with van der Waals surface area (Å²) in [5.74, 6) is -0.585. The topological polar surface area (TPSA) is 23.5 Å². The van der Waals surface area contributed by atoms with Crippen molar-refractivity contribution in [3.8, 4) is 0 Å². The number of hydrogen-bond acceptors (Lipinski definition) is 2. The number of rotatable bonds is 4. The molecule has 0 heterocycles. The number of halogens is 4. The number of hydrogen-bond donors (Lipinski definition) is 1. The van der Waals surface area contributed by atoms with Gasteiger partial charge in [0.2, 0.25) is 0 Å². The van der Waals surface area contributed by atoms with Gasteiger partial charge >= 0.3 is 6.18 Å². The van der Waals surface area contributed by atoms with E-state index in [2.05, 4.69) is 0 Å². The molecule has 0 saturated heterocycles. The molecule has 1 aromatic rings. The molecule has 0 spiro atoms. The van der Waals surface area contributed by atoms with Gasteiger partial charge < -0.3 is 10.0 Å². The van der Waals surface area contributed by atoms with Gasteiger partial charge in [-0.1, -0.05) is 0 Å². The molecule has 0 fully saturated rings. The summed E-state index contributed by atoms with van der Waals surface area (Å²) < 4.78 is 50.4. The molecule has 1 N–H and O–H groups in total. The van der Waals surface area contributed by atoms with E-state index < -0.39 is 31.2 Å². The zero-order valence-electron chi connectivity index (χ0n) is 10.1. The molecule has 0 atom stereocenters. The van der Waals surface area contributed by atoms with Gasteiger partial charge in [0.1, 0.15) is 12.4 Å². The number of anilines is 1. The number of aliphatic hydroxyl groups is 1. The fraction of sp³-hybridized carbons (Fsp3) is 0.500. The molecule has 0 aliphatic rings. The fourth-order valence-electron chi connectivity index (χ4n) is 1.70. The predicted molar refractivity (Wildman–Crippen MR) is 60.9 cm³/mol. The van der Waals surface area contributed by atoms with Crippen molar-refractivity contribution >= 4 is 5.69 Å². The van der Waals surface area contributed by atoms with E-state index in [4.69, 9.17) is 5.11 Å². The molecule has 18 heavy (non-hydrogen) atoms. The van der Waals surface area contributed by atoms with Crippen LogP contribution in [0.5, 0.6) is 0 Å². The Labute approximate surface area is 103 Å². The first-order chi connectivity index (χ1) is 8.24. The monoisotopic (exact) mass is 265 g/mol. The van der Waals surface area contributed by atoms with Gasteiger partial charge in [0, 0.05) is 17.3 Å². The minimum Gasteiger partial charge on any atom is -0.392 e. The zero-order valence-corrected chi connectivity index (χ0v) is 10.1. The first kappa shape index (κ1) is 14.8. The summed E-state index contributed by atoms with van der Waals surface area (Å²) in [6.07, 6.45) is -4.36. The third kappa shape index (κ3) is 3.87. The SMILES string of the molecule is CC(C)N(CC(F)(F)F)c1ccc(F)cc1CO. The highest BCUT2D eigenvalue weighted by atomic mass is 19.4. The average molecular weight is 265 g/mol. The van der Waals surface area contributed by atoms with Crippen LogP contribution in [0, 0.1) is 5.82 Å². The third-order valence-corrected chi connectivity index (χ3v) is 2.49. The largest absolute Gasteiger partial charge is 0.405 e. The second-order valence-electron chi connectivity index (χ2n) is 4.27. The van der Waals surface area contributed by atoms with Crippen molar-refractivity contribution in [2.75, 3.05) is 11.4 Å². The molecule has 0 aliphatic carbocycles. The van der Waals surface area contributed by atoms with Gasteiger partial charge in [0.15, 0.2) is 0 Å². The number of benzene rings is 1. The van der Waals surface area contributed by atoms with Crippen LogP contribution in [-0.2, 0) is 6.61 Å². The highest BCUT2D eigenvalue weighted by Gasteiger charge is 2.32. The molecule has 102 valence electrons. The zero-order chi connectivity index (χ0) is 13.9. The molecular formula is C12H15F4NO. The van der Waals surface area contributed by atoms with Crippen LogP contribution < -0.4 is 4.90 Å². The van der Waals surface area contributed by atoms with Gasteiger partial charge in [-0.25, -0.2) is 4.39 Å². The molecule has 0 aliphatic heterocycles. The standard InChI is InChI=1S/C12H15F4NO/c1-8(2)17(7-12(14,15)16)11-4-3-10(13)5-9(11)6-18/h3-5,8,18H,6-7H2,1-2H3. The minimum absolute atomic E-state index is 0.146. The smallest absolute Gasteiger partial charge is 0.392 e. The molecule has 2 nitrogen and oxygen atoms in total. The normalized spacial score (nSPS) is 12.0. The van der Waals surface area contributed by atoms with Crippen molar-refractivity contribution in [1.29, 1.82) is 0 Å². The molecule has 1 rings (SSSR count). The van der Waals surface area contributed by atoms with Crippen molar-refractivity contribution in [3.05, 3.63) is 29.6 Å². The Kier molecular flexibility index (Phi) is 4.56. The summed E-state index contributed by atoms with van der Waals surface area (Å²) in [6.45, 7) is 1.57. The van der Waals surface area contributed by atoms with Crippen LogP contribution in [0.3, 0.4) is 0 Å². The Morgan fingerprint density at radius 1 is 1.28 bits per heavy atom. The maximum absolute atomic E-state index is 13.0. The van der Waals surface area contributed by atoms with Crippen LogP contribution >= 0.6 is 0 Å². The van der Waals surface area contributed by atoms with E-state index in [-0.39, 0.29) is 11.3 Å². The summed E-state index contributed by atoms with van der Waals surface area (Å²) in [5, 5.41) is 9.10. The molecule has 0 aromatic heterocycles. The maximum Gasteiger partial charge on any atom is 0.405 e. The first-order valence-electron chi connectivity index (χ1n) is 5.47. The second-order valence-corrected chi connectivity index (χ2v) is 4.27. The molecule has 0 unspecified atom stereocenters. The van der Waals surface area contributed by atoms with Gasteiger partial charge in [-0.15, -0.1) is 0 Å². The maximum atomic E-state index is 13.0. The lowest BCUT2D eigenvalue weighted by Gasteiger charge is -2.31. The first-order valence-corrected chi connectivity index (χ1v) is 5.47. The fourth-order valence-corrected chi connectivity index (χ4v) is 1.70. The Balaban J connectivity index is 3.13. The summed E-state index contributed by atoms with van der Waals surface area (Å²) in [5.41, 5.74) is 0.346. The van der Waals surface area contributed by atoms with Gasteiger partial charge in [-0.2, -0.15) is 13.2 Å². The highest BCUT2D eigenvalue weighted by molar-refractivity contribution is 5.54. The lowest BCUT2D eigenvalue weighted by molar-refractivity contribution is -0.120. The van der Waals surface area contributed by atoms with E-state index in [0.717, 1.165) is 17.0 Å². The van der Waals surface area contributed by atoms with Crippen LogP contribution in [0.15, 0.2) is 18.2 Å². The Morgan fingerprint density at radius 2 is 1.89 bits per heavy atom. The van der Waals surface area contributed by atoms with Crippen LogP contribution in [0.25, 0.3) is 0 Å². The minimum atomic E-state index is -4.36. The molecule has 0 bridgehead atoms. The van der Waals surface area contributed by atoms with E-state index in [0.29, 0.717) is 0 Å². The van der Waals surface area contributed by atoms with Crippen molar-refractivity contribution in [2.24, 2.45) is 0 Å². The molecule has 0 saturated carbocycles. The second kappa shape index (κ2) is 5.56. The van der Waals surface area contributed by atoms with Crippen LogP contribution in [0.2, 0.25) is 0 Å². The number of alkyl halides is 3. The molecule has 0 amide bonds. The van der Waals surface area contributed by atoms with E-state index in [1.54, 1.807) is 13.8 Å². The predicted octanol–water partition coefficient (Wildman–Crippen LogP) is 3.10. The van der Waals surface area contributed by atoms with E-state index in [9.17, 15) is 17.6 Å². The van der Waals surface area contributed by atoms with E-state index in [1.165, 1.54) is 6.07 Å². The molecule has 6 heteroatoms. The summed E-state index contributed by atoms with van der Waals surface area (Å²) in [7, 11) is 0. The van der Waals surface area contributed by atoms with Gasteiger partial charge in [0.05, 0.1) is 6.61 Å². The van der Waals surface area contributed by atoms with E-state index in [1.807, 2.05) is 0 Å². The van der Waals surface area contributed by atoms with E-state index >= 15 is 0 Å². The van der Waals surface area contributed by atoms with Crippen molar-refractivity contribution in [1.82, 2.24) is 0 Å². The van der Waals surface area contributed by atoms with Crippen LogP contribution in [0.1, 0.15) is 19.4 Å². The summed E-state index contributed by atoms with van der Waals surface area (Å²) in [6, 6.07) is 2.97. The summed E-state index contributed by atoms with van der Waals surface area (Å²) >= 11 is 0. The highest BCUT2D eigenvalue weighted by Crippen LogP contribution is 2.27. The van der Waals surface area contributed by atoms with Crippen LogP contribution in [0.4, 0.5) is 23.2 Å². The number of nitrogens with zero attached hydrogens (tertiary/aromatic N) is 1. The van der Waals surface area contributed by atoms with Gasteiger partial charge in [-0.3, -0.25) is 0 Å². The number of aliphatic hydroxyl groups excluding tert-OH is 1. The van der Waals surface area contributed by atoms with Crippen molar-refractivity contribution < 1.29 is 22.7 Å². The van der Waals surface area contributed by atoms with Gasteiger partial charge in [-0.05, 0) is 32.0 Å². The Bertz CT molecular complexity index is 404. The molecule has 1 aromatic carbocycles. The average Bonchev–Trinajstić information content (AvgIpc) is 2.24. The Morgan fingerprint density at radius 3 is 2.33 bits per heavy atom.